The van der Waals surface area contributed by atoms with E-state index in [1.165, 1.54) is 17.5 Å². The summed E-state index contributed by atoms with van der Waals surface area (Å²) in [5, 5.41) is 12.3. The normalized spacial score (nSPS) is 17.7. The molecule has 0 atom stereocenters. The first-order valence-corrected chi connectivity index (χ1v) is 11.1. The summed E-state index contributed by atoms with van der Waals surface area (Å²) in [6.07, 6.45) is 3.27. The minimum atomic E-state index is -0.633. The summed E-state index contributed by atoms with van der Waals surface area (Å²) in [4.78, 5) is 21.2. The summed E-state index contributed by atoms with van der Waals surface area (Å²) in [5.41, 5.74) is 2.91. The number of hydrogen-bond acceptors (Lipinski definition) is 7. The van der Waals surface area contributed by atoms with Crippen molar-refractivity contribution in [3.05, 3.63) is 95.0 Å². The average Bonchev–Trinajstić information content (AvgIpc) is 2.87. The lowest BCUT2D eigenvalue weighted by Crippen LogP contribution is -2.47. The van der Waals surface area contributed by atoms with Gasteiger partial charge in [0.25, 0.3) is 0 Å². The molecule has 1 saturated heterocycles. The van der Waals surface area contributed by atoms with Gasteiger partial charge in [0.2, 0.25) is 0 Å². The number of ether oxygens (including phenoxy) is 1. The fraction of sp³-hybridized carbons (Fsp3) is 0.269. The lowest BCUT2D eigenvalue weighted by Gasteiger charge is -2.41. The van der Waals surface area contributed by atoms with Crippen molar-refractivity contribution in [2.75, 3.05) is 32.8 Å². The van der Waals surface area contributed by atoms with E-state index in [0.717, 1.165) is 32.0 Å². The monoisotopic (exact) mass is 441 g/mol. The number of nitrogens with zero attached hydrogens (tertiary/aromatic N) is 4. The number of carbonyl (C=O) groups is 1. The SMILES string of the molecule is CCOC(=O)/C(C#N)=C1/C=C(N2CCN(C(c3ccccc3)c3ccccc3)CC2)N=CN1. The molecule has 0 aliphatic carbocycles. The minimum Gasteiger partial charge on any atom is -0.462 e. The molecule has 0 aromatic heterocycles. The van der Waals surface area contributed by atoms with Crippen molar-refractivity contribution < 1.29 is 9.53 Å². The van der Waals surface area contributed by atoms with Crippen LogP contribution in [0.4, 0.5) is 0 Å². The van der Waals surface area contributed by atoms with Crippen LogP contribution in [0, 0.1) is 11.3 Å². The zero-order valence-corrected chi connectivity index (χ0v) is 18.6. The van der Waals surface area contributed by atoms with Crippen LogP contribution in [0.1, 0.15) is 24.1 Å². The van der Waals surface area contributed by atoms with Crippen LogP contribution in [-0.2, 0) is 9.53 Å². The van der Waals surface area contributed by atoms with Gasteiger partial charge in [0.15, 0.2) is 5.57 Å². The Morgan fingerprint density at radius 1 is 1.06 bits per heavy atom. The molecule has 33 heavy (non-hydrogen) atoms. The number of nitrogens with one attached hydrogen (secondary N) is 1. The highest BCUT2D eigenvalue weighted by atomic mass is 16.5. The highest BCUT2D eigenvalue weighted by Gasteiger charge is 2.28. The second-order valence-corrected chi connectivity index (χ2v) is 7.77. The third-order valence-electron chi connectivity index (χ3n) is 5.79. The maximum Gasteiger partial charge on any atom is 0.351 e. The van der Waals surface area contributed by atoms with Gasteiger partial charge < -0.3 is 15.0 Å². The topological polar surface area (TPSA) is 81.0 Å². The van der Waals surface area contributed by atoms with E-state index in [4.69, 9.17) is 4.74 Å². The largest absolute Gasteiger partial charge is 0.462 e. The smallest absolute Gasteiger partial charge is 0.351 e. The Morgan fingerprint density at radius 3 is 2.21 bits per heavy atom. The first-order valence-electron chi connectivity index (χ1n) is 11.1. The van der Waals surface area contributed by atoms with Crippen molar-refractivity contribution in [2.45, 2.75) is 13.0 Å². The molecule has 0 bridgehead atoms. The van der Waals surface area contributed by atoms with Crippen molar-refractivity contribution in [3.8, 4) is 6.07 Å². The molecule has 0 spiro atoms. The van der Waals surface area contributed by atoms with Crippen LogP contribution in [0.3, 0.4) is 0 Å². The Hall–Kier alpha value is -3.89. The molecule has 7 nitrogen and oxygen atoms in total. The number of rotatable bonds is 6. The Balaban J connectivity index is 1.52. The molecule has 0 amide bonds. The highest BCUT2D eigenvalue weighted by molar-refractivity contribution is 5.94. The Labute approximate surface area is 194 Å². The van der Waals surface area contributed by atoms with E-state index in [1.54, 1.807) is 13.0 Å². The van der Waals surface area contributed by atoms with E-state index in [9.17, 15) is 10.1 Å². The lowest BCUT2D eigenvalue weighted by molar-refractivity contribution is -0.138. The molecule has 7 heteroatoms. The number of nitriles is 1. The third kappa shape index (κ3) is 5.13. The molecule has 4 rings (SSSR count). The molecular formula is C26H27N5O2. The lowest BCUT2D eigenvalue weighted by atomic mass is 9.96. The second-order valence-electron chi connectivity index (χ2n) is 7.77. The number of hydrogen-bond donors (Lipinski definition) is 1. The van der Waals surface area contributed by atoms with Gasteiger partial charge in [-0.1, -0.05) is 60.7 Å². The number of allylic oxidation sites excluding steroid dienone is 1. The number of carbonyl (C=O) groups excluding carboxylic acids is 1. The quantitative estimate of drug-likeness (QED) is 0.421. The zero-order valence-electron chi connectivity index (χ0n) is 18.6. The van der Waals surface area contributed by atoms with Gasteiger partial charge in [0.1, 0.15) is 11.9 Å². The minimum absolute atomic E-state index is 0.0487. The maximum atomic E-state index is 12.1. The summed E-state index contributed by atoms with van der Waals surface area (Å²) in [7, 11) is 0. The van der Waals surface area contributed by atoms with Crippen LogP contribution in [0.5, 0.6) is 0 Å². The van der Waals surface area contributed by atoms with Crippen molar-refractivity contribution in [1.29, 1.82) is 5.26 Å². The van der Waals surface area contributed by atoms with Gasteiger partial charge in [-0.15, -0.1) is 0 Å². The molecule has 2 aliphatic heterocycles. The van der Waals surface area contributed by atoms with E-state index in [-0.39, 0.29) is 18.2 Å². The van der Waals surface area contributed by atoms with Crippen LogP contribution in [0.25, 0.3) is 0 Å². The Morgan fingerprint density at radius 2 is 1.67 bits per heavy atom. The van der Waals surface area contributed by atoms with E-state index in [2.05, 4.69) is 68.6 Å². The van der Waals surface area contributed by atoms with Crippen molar-refractivity contribution in [1.82, 2.24) is 15.1 Å². The molecular weight excluding hydrogens is 414 g/mol. The summed E-state index contributed by atoms with van der Waals surface area (Å²) < 4.78 is 5.00. The molecule has 2 aromatic rings. The molecule has 0 radical (unpaired) electrons. The predicted octanol–water partition coefficient (Wildman–Crippen LogP) is 3.21. The van der Waals surface area contributed by atoms with Crippen LogP contribution in [0.15, 0.2) is 88.8 Å². The van der Waals surface area contributed by atoms with Gasteiger partial charge >= 0.3 is 5.97 Å². The van der Waals surface area contributed by atoms with Crippen LogP contribution >= 0.6 is 0 Å². The fourth-order valence-corrected chi connectivity index (χ4v) is 4.21. The number of benzene rings is 2. The fourth-order valence-electron chi connectivity index (χ4n) is 4.21. The molecule has 0 saturated carbocycles. The van der Waals surface area contributed by atoms with E-state index < -0.39 is 5.97 Å². The van der Waals surface area contributed by atoms with Crippen molar-refractivity contribution >= 4 is 12.3 Å². The van der Waals surface area contributed by atoms with Crippen LogP contribution in [-0.4, -0.2) is 54.9 Å². The van der Waals surface area contributed by atoms with Crippen LogP contribution in [0.2, 0.25) is 0 Å². The first kappa shape index (κ1) is 22.3. The Kier molecular flexibility index (Phi) is 7.18. The van der Waals surface area contributed by atoms with Gasteiger partial charge in [-0.25, -0.2) is 9.79 Å². The highest BCUT2D eigenvalue weighted by Crippen LogP contribution is 2.30. The van der Waals surface area contributed by atoms with E-state index in [0.29, 0.717) is 5.70 Å². The van der Waals surface area contributed by atoms with Gasteiger partial charge in [-0.05, 0) is 18.1 Å². The molecule has 2 aromatic carbocycles. The van der Waals surface area contributed by atoms with Gasteiger partial charge in [-0.3, -0.25) is 4.90 Å². The maximum absolute atomic E-state index is 12.1. The van der Waals surface area contributed by atoms with Gasteiger partial charge in [-0.2, -0.15) is 5.26 Å². The molecule has 2 heterocycles. The summed E-state index contributed by atoms with van der Waals surface area (Å²) in [6.45, 7) is 5.22. The van der Waals surface area contributed by atoms with E-state index >= 15 is 0 Å². The summed E-state index contributed by atoms with van der Waals surface area (Å²) >= 11 is 0. The van der Waals surface area contributed by atoms with Crippen LogP contribution < -0.4 is 5.32 Å². The number of aliphatic imine (C=N–C) groups is 1. The predicted molar refractivity (Wildman–Crippen MR) is 127 cm³/mol. The molecule has 168 valence electrons. The second kappa shape index (κ2) is 10.6. The molecule has 1 N–H and O–H groups in total. The summed E-state index contributed by atoms with van der Waals surface area (Å²) in [5.74, 6) is 0.100. The van der Waals surface area contributed by atoms with Gasteiger partial charge in [0.05, 0.1) is 24.7 Å². The Bertz CT molecular complexity index is 1060. The number of piperazine rings is 1. The number of esters is 1. The first-order chi connectivity index (χ1) is 16.2. The van der Waals surface area contributed by atoms with E-state index in [1.807, 2.05) is 18.2 Å². The summed E-state index contributed by atoms with van der Waals surface area (Å²) in [6, 6.07) is 23.3. The average molecular weight is 442 g/mol. The van der Waals surface area contributed by atoms with Crippen molar-refractivity contribution in [3.63, 3.8) is 0 Å². The third-order valence-corrected chi connectivity index (χ3v) is 5.79. The molecule has 2 aliphatic rings. The standard InChI is InChI=1S/C26H27N5O2/c1-2-33-26(32)22(18-27)23-17-24(29-19-28-23)30-13-15-31(16-14-30)25(20-9-5-3-6-10-20)21-11-7-4-8-12-21/h3-12,17,19,25H,2,13-16H2,1H3,(H,28,29)/b23-22-. The van der Waals surface area contributed by atoms with Gasteiger partial charge in [0, 0.05) is 32.3 Å². The molecule has 1 fully saturated rings. The molecule has 0 unspecified atom stereocenters. The van der Waals surface area contributed by atoms with Crippen molar-refractivity contribution in [2.24, 2.45) is 4.99 Å². The zero-order chi connectivity index (χ0) is 23.0.